The molecule has 1 aromatic carbocycles. The summed E-state index contributed by atoms with van der Waals surface area (Å²) in [5.74, 6) is 0.173. The molecule has 2 amide bonds. The molecular weight excluding hydrogens is 445 g/mol. The molecule has 1 aromatic rings. The Morgan fingerprint density at radius 1 is 1.19 bits per heavy atom. The number of hydrogen-bond acceptors (Lipinski definition) is 4. The second kappa shape index (κ2) is 7.72. The molecule has 1 atom stereocenters. The number of carbonyl (C=O) groups excluding carboxylic acids is 2. The number of carbonyl (C=O) groups is 2. The minimum atomic E-state index is -0.472. The van der Waals surface area contributed by atoms with Gasteiger partial charge >= 0.3 is 6.09 Å². The fourth-order valence-electron chi connectivity index (χ4n) is 3.42. The lowest BCUT2D eigenvalue weighted by Crippen LogP contribution is -2.53. The monoisotopic (exact) mass is 471 g/mol. The van der Waals surface area contributed by atoms with Gasteiger partial charge in [0.05, 0.1) is 0 Å². The summed E-state index contributed by atoms with van der Waals surface area (Å²) < 4.78 is 6.57. The molecule has 0 saturated carbocycles. The van der Waals surface area contributed by atoms with Crippen LogP contribution < -0.4 is 4.90 Å². The molecule has 0 aromatic heterocycles. The largest absolute Gasteiger partial charge is 0.444 e. The zero-order valence-corrected chi connectivity index (χ0v) is 17.7. The van der Waals surface area contributed by atoms with Crippen LogP contribution in [-0.2, 0) is 9.53 Å². The van der Waals surface area contributed by atoms with Gasteiger partial charge in [-0.1, -0.05) is 6.07 Å². The molecule has 1 unspecified atom stereocenters. The summed E-state index contributed by atoms with van der Waals surface area (Å²) >= 11 is 2.27. The molecule has 0 bridgehead atoms. The Labute approximate surface area is 168 Å². The van der Waals surface area contributed by atoms with Crippen molar-refractivity contribution in [3.63, 3.8) is 0 Å². The normalized spacial score (nSPS) is 22.0. The molecule has 0 spiro atoms. The zero-order valence-electron chi connectivity index (χ0n) is 15.6. The minimum absolute atomic E-state index is 0.173. The topological polar surface area (TPSA) is 53.1 Å². The van der Waals surface area contributed by atoms with Gasteiger partial charge in [-0.05, 0) is 61.6 Å². The van der Waals surface area contributed by atoms with Crippen LogP contribution in [-0.4, -0.2) is 66.2 Å². The van der Waals surface area contributed by atoms with Crippen LogP contribution in [0.1, 0.15) is 27.2 Å². The minimum Gasteiger partial charge on any atom is -0.444 e. The molecule has 2 aliphatic rings. The number of nitrogens with zero attached hydrogens (tertiary/aromatic N) is 3. The average Bonchev–Trinajstić information content (AvgIpc) is 2.95. The highest BCUT2D eigenvalue weighted by Crippen LogP contribution is 2.26. The van der Waals surface area contributed by atoms with E-state index in [9.17, 15) is 9.59 Å². The molecule has 0 aliphatic carbocycles. The van der Waals surface area contributed by atoms with Crippen molar-refractivity contribution < 1.29 is 14.3 Å². The molecule has 2 fully saturated rings. The van der Waals surface area contributed by atoms with Crippen molar-refractivity contribution in [2.24, 2.45) is 0 Å². The van der Waals surface area contributed by atoms with E-state index < -0.39 is 5.60 Å². The Kier molecular flexibility index (Phi) is 5.76. The third-order valence-corrected chi connectivity index (χ3v) is 5.38. The maximum absolute atomic E-state index is 12.5. The summed E-state index contributed by atoms with van der Waals surface area (Å²) in [6, 6.07) is 8.25. The Morgan fingerprint density at radius 2 is 1.88 bits per heavy atom. The maximum Gasteiger partial charge on any atom is 0.410 e. The summed E-state index contributed by atoms with van der Waals surface area (Å²) in [6.07, 6.45) is 0.290. The van der Waals surface area contributed by atoms with Gasteiger partial charge in [0, 0.05) is 54.4 Å². The first kappa shape index (κ1) is 19.4. The summed E-state index contributed by atoms with van der Waals surface area (Å²) in [4.78, 5) is 30.6. The third kappa shape index (κ3) is 4.68. The van der Waals surface area contributed by atoms with E-state index >= 15 is 0 Å². The van der Waals surface area contributed by atoms with Crippen molar-refractivity contribution in [1.29, 1.82) is 0 Å². The number of halogens is 1. The van der Waals surface area contributed by atoms with Gasteiger partial charge < -0.3 is 14.5 Å². The lowest BCUT2D eigenvalue weighted by molar-refractivity contribution is -0.117. The van der Waals surface area contributed by atoms with Crippen molar-refractivity contribution in [2.75, 3.05) is 37.6 Å². The fraction of sp³-hybridized carbons (Fsp3) is 0.579. The van der Waals surface area contributed by atoms with Crippen LogP contribution in [0.15, 0.2) is 24.3 Å². The van der Waals surface area contributed by atoms with Gasteiger partial charge in [0.2, 0.25) is 5.91 Å². The van der Waals surface area contributed by atoms with E-state index in [4.69, 9.17) is 4.74 Å². The van der Waals surface area contributed by atoms with Crippen LogP contribution in [0.2, 0.25) is 0 Å². The van der Waals surface area contributed by atoms with Crippen molar-refractivity contribution in [1.82, 2.24) is 9.80 Å². The molecular formula is C19H26IN3O3. The highest BCUT2D eigenvalue weighted by molar-refractivity contribution is 14.1. The SMILES string of the molecule is CC(C)(C)OC(=O)N1CCN(C2CC(=O)N(c3cccc(I)c3)C2)CC1. The molecule has 26 heavy (non-hydrogen) atoms. The summed E-state index contributed by atoms with van der Waals surface area (Å²) in [5, 5.41) is 0. The number of benzene rings is 1. The second-order valence-corrected chi connectivity index (χ2v) is 9.09. The molecule has 142 valence electrons. The van der Waals surface area contributed by atoms with E-state index in [0.717, 1.165) is 22.3 Å². The second-order valence-electron chi connectivity index (χ2n) is 7.85. The molecule has 2 heterocycles. The Morgan fingerprint density at radius 3 is 2.50 bits per heavy atom. The lowest BCUT2D eigenvalue weighted by atomic mass is 10.2. The number of hydrogen-bond donors (Lipinski definition) is 0. The molecule has 0 radical (unpaired) electrons. The molecule has 7 heteroatoms. The van der Waals surface area contributed by atoms with E-state index in [1.54, 1.807) is 4.90 Å². The first-order valence-corrected chi connectivity index (χ1v) is 10.1. The summed E-state index contributed by atoms with van der Waals surface area (Å²) in [5.41, 5.74) is 0.497. The van der Waals surface area contributed by atoms with Crippen LogP contribution in [0, 0.1) is 3.57 Å². The standard InChI is InChI=1S/C19H26IN3O3/c1-19(2,3)26-18(25)22-9-7-21(8-10-22)16-12-17(24)23(13-16)15-6-4-5-14(20)11-15/h4-6,11,16H,7-10,12-13H2,1-3H3. The first-order valence-electron chi connectivity index (χ1n) is 9.01. The van der Waals surface area contributed by atoms with Crippen molar-refractivity contribution in [3.05, 3.63) is 27.8 Å². The van der Waals surface area contributed by atoms with Gasteiger partial charge in [0.15, 0.2) is 0 Å². The number of anilines is 1. The number of piperazine rings is 1. The lowest BCUT2D eigenvalue weighted by Gasteiger charge is -2.38. The van der Waals surface area contributed by atoms with Gasteiger partial charge in [-0.15, -0.1) is 0 Å². The van der Waals surface area contributed by atoms with E-state index in [0.29, 0.717) is 26.1 Å². The molecule has 0 N–H and O–H groups in total. The first-order chi connectivity index (χ1) is 12.2. The fourth-order valence-corrected chi connectivity index (χ4v) is 3.95. The summed E-state index contributed by atoms with van der Waals surface area (Å²) in [7, 11) is 0. The van der Waals surface area contributed by atoms with Gasteiger partial charge in [-0.25, -0.2) is 4.79 Å². The van der Waals surface area contributed by atoms with E-state index in [1.165, 1.54) is 0 Å². The Balaban J connectivity index is 1.56. The van der Waals surface area contributed by atoms with Gasteiger partial charge in [0.25, 0.3) is 0 Å². The Bertz CT molecular complexity index is 681. The van der Waals surface area contributed by atoms with Crippen LogP contribution in [0.4, 0.5) is 10.5 Å². The number of amides is 2. The number of rotatable bonds is 2. The third-order valence-electron chi connectivity index (χ3n) is 4.71. The predicted molar refractivity (Wildman–Crippen MR) is 109 cm³/mol. The van der Waals surface area contributed by atoms with Gasteiger partial charge in [-0.3, -0.25) is 9.69 Å². The Hall–Kier alpha value is -1.35. The van der Waals surface area contributed by atoms with Crippen LogP contribution >= 0.6 is 22.6 Å². The quantitative estimate of drug-likeness (QED) is 0.623. The van der Waals surface area contributed by atoms with Crippen molar-refractivity contribution in [2.45, 2.75) is 38.8 Å². The van der Waals surface area contributed by atoms with Gasteiger partial charge in [-0.2, -0.15) is 0 Å². The van der Waals surface area contributed by atoms with Gasteiger partial charge in [0.1, 0.15) is 5.60 Å². The van der Waals surface area contributed by atoms with Crippen LogP contribution in [0.5, 0.6) is 0 Å². The number of ether oxygens (including phenoxy) is 1. The molecule has 6 nitrogen and oxygen atoms in total. The van der Waals surface area contributed by atoms with E-state index in [2.05, 4.69) is 27.5 Å². The molecule has 2 aliphatic heterocycles. The maximum atomic E-state index is 12.5. The summed E-state index contributed by atoms with van der Waals surface area (Å²) in [6.45, 7) is 9.19. The van der Waals surface area contributed by atoms with Crippen LogP contribution in [0.25, 0.3) is 0 Å². The highest BCUT2D eigenvalue weighted by Gasteiger charge is 2.36. The van der Waals surface area contributed by atoms with Crippen molar-refractivity contribution >= 4 is 40.3 Å². The zero-order chi connectivity index (χ0) is 18.9. The average molecular weight is 471 g/mol. The highest BCUT2D eigenvalue weighted by atomic mass is 127. The van der Waals surface area contributed by atoms with Crippen LogP contribution in [0.3, 0.4) is 0 Å². The van der Waals surface area contributed by atoms with Crippen molar-refractivity contribution in [3.8, 4) is 0 Å². The van der Waals surface area contributed by atoms with E-state index in [1.807, 2.05) is 49.9 Å². The molecule has 2 saturated heterocycles. The smallest absolute Gasteiger partial charge is 0.410 e. The molecule has 3 rings (SSSR count). The predicted octanol–water partition coefficient (Wildman–Crippen LogP) is 2.95. The van der Waals surface area contributed by atoms with E-state index in [-0.39, 0.29) is 18.0 Å².